The van der Waals surface area contributed by atoms with Crippen LogP contribution in [0.25, 0.3) is 0 Å². The zero-order chi connectivity index (χ0) is 16.1. The molecule has 0 aromatic heterocycles. The van der Waals surface area contributed by atoms with E-state index in [4.69, 9.17) is 20.5 Å². The SMILES string of the molecule is CS(=O)(=O)O.NC12C(C(=O)O)C1C(C(=O)O)CS2(=O)=O. The number of aliphatic carboxylic acids is 2. The third-order valence-electron chi connectivity index (χ3n) is 3.21. The lowest BCUT2D eigenvalue weighted by molar-refractivity contribution is -0.142. The maximum absolute atomic E-state index is 11.5. The normalized spacial score (nSPS) is 37.2. The van der Waals surface area contributed by atoms with E-state index in [2.05, 4.69) is 0 Å². The first-order valence-corrected chi connectivity index (χ1v) is 8.62. The molecule has 0 spiro atoms. The van der Waals surface area contributed by atoms with Gasteiger partial charge in [-0.3, -0.25) is 14.1 Å². The van der Waals surface area contributed by atoms with E-state index in [9.17, 15) is 26.4 Å². The van der Waals surface area contributed by atoms with Gasteiger partial charge in [-0.15, -0.1) is 0 Å². The Hall–Kier alpha value is -1.24. The van der Waals surface area contributed by atoms with Gasteiger partial charge in [0.1, 0.15) is 4.87 Å². The molecule has 1 saturated carbocycles. The number of fused-ring (bicyclic) bond motifs is 1. The van der Waals surface area contributed by atoms with Crippen LogP contribution in [0.3, 0.4) is 0 Å². The van der Waals surface area contributed by atoms with Crippen LogP contribution in [-0.2, 0) is 29.5 Å². The van der Waals surface area contributed by atoms with Crippen LogP contribution >= 0.6 is 0 Å². The Morgan fingerprint density at radius 2 is 1.65 bits per heavy atom. The summed E-state index contributed by atoms with van der Waals surface area (Å²) in [6.45, 7) is 0. The van der Waals surface area contributed by atoms with Crippen molar-refractivity contribution in [1.82, 2.24) is 0 Å². The van der Waals surface area contributed by atoms with Crippen molar-refractivity contribution in [3.8, 4) is 0 Å². The fourth-order valence-corrected chi connectivity index (χ4v) is 4.81. The van der Waals surface area contributed by atoms with Gasteiger partial charge in [-0.2, -0.15) is 8.42 Å². The number of sulfone groups is 1. The molecule has 20 heavy (non-hydrogen) atoms. The smallest absolute Gasteiger partial charge is 0.309 e. The van der Waals surface area contributed by atoms with Crippen molar-refractivity contribution in [2.24, 2.45) is 23.5 Å². The van der Waals surface area contributed by atoms with Gasteiger partial charge in [0.25, 0.3) is 10.1 Å². The van der Waals surface area contributed by atoms with Crippen LogP contribution in [0.5, 0.6) is 0 Å². The van der Waals surface area contributed by atoms with E-state index < -0.39 is 60.3 Å². The largest absolute Gasteiger partial charge is 0.481 e. The Morgan fingerprint density at radius 3 is 1.90 bits per heavy atom. The molecule has 0 aromatic carbocycles. The van der Waals surface area contributed by atoms with Crippen molar-refractivity contribution in [3.63, 3.8) is 0 Å². The lowest BCUT2D eigenvalue weighted by Crippen LogP contribution is -2.37. The maximum Gasteiger partial charge on any atom is 0.309 e. The van der Waals surface area contributed by atoms with Crippen molar-refractivity contribution in [2.45, 2.75) is 4.87 Å². The van der Waals surface area contributed by atoms with Gasteiger partial charge in [0, 0.05) is 5.92 Å². The molecule has 1 saturated heterocycles. The van der Waals surface area contributed by atoms with E-state index in [-0.39, 0.29) is 0 Å². The number of carboxylic acids is 2. The molecule has 4 unspecified atom stereocenters. The van der Waals surface area contributed by atoms with Crippen LogP contribution in [0.1, 0.15) is 0 Å². The third kappa shape index (κ3) is 2.77. The average Bonchev–Trinajstić information content (AvgIpc) is 2.74. The van der Waals surface area contributed by atoms with Gasteiger partial charge in [-0.05, 0) is 0 Å². The first kappa shape index (κ1) is 16.8. The van der Waals surface area contributed by atoms with Crippen molar-refractivity contribution in [2.75, 3.05) is 12.0 Å². The Morgan fingerprint density at radius 1 is 1.25 bits per heavy atom. The van der Waals surface area contributed by atoms with E-state index in [1.807, 2.05) is 0 Å². The summed E-state index contributed by atoms with van der Waals surface area (Å²) in [5.74, 6) is -6.68. The molecule has 0 radical (unpaired) electrons. The molecule has 1 heterocycles. The molecule has 0 bridgehead atoms. The fourth-order valence-electron chi connectivity index (χ4n) is 2.41. The summed E-state index contributed by atoms with van der Waals surface area (Å²) in [7, 11) is -7.49. The van der Waals surface area contributed by atoms with Gasteiger partial charge in [0.2, 0.25) is 0 Å². The Balaban J connectivity index is 0.000000347. The van der Waals surface area contributed by atoms with Crippen LogP contribution in [0, 0.1) is 17.8 Å². The summed E-state index contributed by atoms with van der Waals surface area (Å²) in [5.41, 5.74) is 5.47. The Labute approximate surface area is 114 Å². The van der Waals surface area contributed by atoms with Gasteiger partial charge in [-0.25, -0.2) is 8.42 Å². The van der Waals surface area contributed by atoms with E-state index in [0.29, 0.717) is 6.26 Å². The minimum absolute atomic E-state index is 0.562. The molecule has 12 heteroatoms. The monoisotopic (exact) mass is 331 g/mol. The van der Waals surface area contributed by atoms with E-state index in [1.54, 1.807) is 0 Å². The standard InChI is InChI=1S/C7H9NO6S.CH4O3S/c8-7-3(4(7)6(11)12)2(5(9)10)1-15(7,13)14;1-5(2,3)4/h2-4H,1,8H2,(H,9,10)(H,11,12);1H3,(H,2,3,4). The highest BCUT2D eigenvalue weighted by molar-refractivity contribution is 7.93. The van der Waals surface area contributed by atoms with Crippen LogP contribution in [-0.4, -0.2) is 60.4 Å². The van der Waals surface area contributed by atoms with E-state index >= 15 is 0 Å². The lowest BCUT2D eigenvalue weighted by Gasteiger charge is -2.08. The Kier molecular flexibility index (Phi) is 3.91. The second-order valence-corrected chi connectivity index (χ2v) is 8.39. The molecule has 2 fully saturated rings. The molecule has 1 aliphatic carbocycles. The number of hydrogen-bond acceptors (Lipinski definition) is 7. The van der Waals surface area contributed by atoms with Gasteiger partial charge in [-0.1, -0.05) is 0 Å². The van der Waals surface area contributed by atoms with Crippen molar-refractivity contribution < 1.29 is 41.2 Å². The topological polar surface area (TPSA) is 189 Å². The van der Waals surface area contributed by atoms with Crippen molar-refractivity contribution >= 4 is 31.9 Å². The fraction of sp³-hybridized carbons (Fsp3) is 0.750. The molecule has 0 amide bonds. The van der Waals surface area contributed by atoms with Crippen LogP contribution in [0.15, 0.2) is 0 Å². The molecule has 1 aliphatic heterocycles. The molecule has 116 valence electrons. The molecule has 5 N–H and O–H groups in total. The summed E-state index contributed by atoms with van der Waals surface area (Å²) in [6.07, 6.45) is 0.715. The zero-order valence-corrected chi connectivity index (χ0v) is 11.8. The lowest BCUT2D eigenvalue weighted by atomic mass is 10.1. The molecule has 2 aliphatic rings. The highest BCUT2D eigenvalue weighted by Crippen LogP contribution is 2.62. The van der Waals surface area contributed by atoms with Gasteiger partial charge < -0.3 is 15.9 Å². The first-order valence-electron chi connectivity index (χ1n) is 5.12. The molecule has 10 nitrogen and oxygen atoms in total. The number of carbonyl (C=O) groups is 2. The molecular formula is C8H13NO9S2. The van der Waals surface area contributed by atoms with E-state index in [1.165, 1.54) is 0 Å². The quantitative estimate of drug-likeness (QED) is 0.397. The minimum atomic E-state index is -3.82. The minimum Gasteiger partial charge on any atom is -0.481 e. The summed E-state index contributed by atoms with van der Waals surface area (Å²) in [6, 6.07) is 0. The van der Waals surface area contributed by atoms with Crippen LogP contribution < -0.4 is 5.73 Å². The summed E-state index contributed by atoms with van der Waals surface area (Å²) >= 11 is 0. The Bertz CT molecular complexity index is 627. The third-order valence-corrected chi connectivity index (χ3v) is 5.61. The first-order chi connectivity index (χ1) is 8.73. The van der Waals surface area contributed by atoms with Crippen LogP contribution in [0.2, 0.25) is 0 Å². The van der Waals surface area contributed by atoms with Gasteiger partial charge >= 0.3 is 11.9 Å². The molecular weight excluding hydrogens is 318 g/mol. The number of nitrogens with two attached hydrogens (primary N) is 1. The highest BCUT2D eigenvalue weighted by atomic mass is 32.2. The second-order valence-electron chi connectivity index (χ2n) is 4.65. The predicted octanol–water partition coefficient (Wildman–Crippen LogP) is -2.39. The van der Waals surface area contributed by atoms with Crippen molar-refractivity contribution in [1.29, 1.82) is 0 Å². The van der Waals surface area contributed by atoms with Gasteiger partial charge in [0.05, 0.1) is 23.8 Å². The molecule has 0 aromatic rings. The average molecular weight is 331 g/mol. The summed E-state index contributed by atoms with van der Waals surface area (Å²) in [5, 5.41) is 17.5. The predicted molar refractivity (Wildman–Crippen MR) is 63.9 cm³/mol. The highest BCUT2D eigenvalue weighted by Gasteiger charge is 2.81. The van der Waals surface area contributed by atoms with Crippen molar-refractivity contribution in [3.05, 3.63) is 0 Å². The van der Waals surface area contributed by atoms with Gasteiger partial charge in [0.15, 0.2) is 9.84 Å². The summed E-state index contributed by atoms with van der Waals surface area (Å²) < 4.78 is 48.9. The molecule has 4 atom stereocenters. The number of carboxylic acid groups (broad SMARTS) is 2. The number of hydrogen-bond donors (Lipinski definition) is 4. The maximum atomic E-state index is 11.5. The second kappa shape index (κ2) is 4.65. The number of rotatable bonds is 2. The van der Waals surface area contributed by atoms with Crippen LogP contribution in [0.4, 0.5) is 0 Å². The summed E-state index contributed by atoms with van der Waals surface area (Å²) in [4.78, 5) is 19.6. The van der Waals surface area contributed by atoms with E-state index in [0.717, 1.165) is 0 Å². The molecule has 2 rings (SSSR count). The zero-order valence-electron chi connectivity index (χ0n) is 10.1.